The van der Waals surface area contributed by atoms with Crippen molar-refractivity contribution in [1.29, 1.82) is 0 Å². The molecular formula is C23H26ClN3O2. The van der Waals surface area contributed by atoms with Gasteiger partial charge in [0, 0.05) is 17.0 Å². The molecule has 0 unspecified atom stereocenters. The molecular weight excluding hydrogens is 386 g/mol. The predicted octanol–water partition coefficient (Wildman–Crippen LogP) is 4.51. The summed E-state index contributed by atoms with van der Waals surface area (Å²) in [6.07, 6.45) is 4.18. The van der Waals surface area contributed by atoms with Crippen molar-refractivity contribution in [2.45, 2.75) is 31.7 Å². The molecule has 0 spiro atoms. The van der Waals surface area contributed by atoms with Crippen LogP contribution in [0, 0.1) is 0 Å². The number of benzene rings is 2. The highest BCUT2D eigenvalue weighted by atomic mass is 35.5. The van der Waals surface area contributed by atoms with E-state index in [-0.39, 0.29) is 11.9 Å². The number of hydrogen-bond donors (Lipinski definition) is 0. The van der Waals surface area contributed by atoms with Crippen LogP contribution in [0.4, 0.5) is 0 Å². The second-order valence-corrected chi connectivity index (χ2v) is 8.00. The third-order valence-corrected chi connectivity index (χ3v) is 5.98. The summed E-state index contributed by atoms with van der Waals surface area (Å²) in [6.45, 7) is 2.35. The number of likely N-dealkylation sites (tertiary alicyclic amines) is 1. The minimum Gasteiger partial charge on any atom is -0.497 e. The second kappa shape index (κ2) is 8.97. The Morgan fingerprint density at radius 3 is 2.69 bits per heavy atom. The average Bonchev–Trinajstić information content (AvgIpc) is 3.20. The fraction of sp³-hybridized carbons (Fsp3) is 0.391. The fourth-order valence-electron chi connectivity index (χ4n) is 4.09. The zero-order valence-corrected chi connectivity index (χ0v) is 17.4. The predicted molar refractivity (Wildman–Crippen MR) is 115 cm³/mol. The standard InChI is InChI=1S/C23H26ClN3O2/c1-29-18-9-7-8-17(14-18)21-15-22(19-10-3-4-11-20(19)24)27(25-21)23(28)16-26-12-5-2-6-13-26/h3-4,7-11,14,22H,2,5-6,12-13,15-16H2,1H3/t22-/m0/s1. The van der Waals surface area contributed by atoms with E-state index in [0.717, 1.165) is 48.5 Å². The van der Waals surface area contributed by atoms with E-state index < -0.39 is 0 Å². The lowest BCUT2D eigenvalue weighted by atomic mass is 9.98. The van der Waals surface area contributed by atoms with Gasteiger partial charge in [0.15, 0.2) is 0 Å². The molecule has 2 aromatic carbocycles. The molecule has 1 saturated heterocycles. The summed E-state index contributed by atoms with van der Waals surface area (Å²) in [5, 5.41) is 7.06. The molecule has 5 nitrogen and oxygen atoms in total. The molecule has 2 aliphatic rings. The minimum absolute atomic E-state index is 0.0229. The highest BCUT2D eigenvalue weighted by molar-refractivity contribution is 6.31. The van der Waals surface area contributed by atoms with Crippen LogP contribution in [0.2, 0.25) is 5.02 Å². The van der Waals surface area contributed by atoms with Crippen LogP contribution in [0.1, 0.15) is 42.9 Å². The first-order valence-electron chi connectivity index (χ1n) is 10.2. The first-order chi connectivity index (χ1) is 14.2. The number of carbonyl (C=O) groups excluding carboxylic acids is 1. The van der Waals surface area contributed by atoms with E-state index in [1.54, 1.807) is 12.1 Å². The largest absolute Gasteiger partial charge is 0.497 e. The zero-order chi connectivity index (χ0) is 20.2. The number of hydrogen-bond acceptors (Lipinski definition) is 4. The maximum absolute atomic E-state index is 13.2. The van der Waals surface area contributed by atoms with E-state index >= 15 is 0 Å². The summed E-state index contributed by atoms with van der Waals surface area (Å²) in [5.74, 6) is 0.798. The van der Waals surface area contributed by atoms with Crippen molar-refractivity contribution in [3.8, 4) is 5.75 Å². The van der Waals surface area contributed by atoms with Crippen molar-refractivity contribution in [2.75, 3.05) is 26.7 Å². The van der Waals surface area contributed by atoms with E-state index in [1.165, 1.54) is 6.42 Å². The monoisotopic (exact) mass is 411 g/mol. The number of carbonyl (C=O) groups is 1. The molecule has 29 heavy (non-hydrogen) atoms. The molecule has 152 valence electrons. The third-order valence-electron chi connectivity index (χ3n) is 5.64. The van der Waals surface area contributed by atoms with Gasteiger partial charge in [0.25, 0.3) is 5.91 Å². The molecule has 2 heterocycles. The molecule has 0 N–H and O–H groups in total. The topological polar surface area (TPSA) is 45.1 Å². The number of ether oxygens (including phenoxy) is 1. The number of piperidine rings is 1. The Hall–Kier alpha value is -2.37. The van der Waals surface area contributed by atoms with Crippen LogP contribution in [0.3, 0.4) is 0 Å². The minimum atomic E-state index is -0.192. The molecule has 0 radical (unpaired) electrons. The SMILES string of the molecule is COc1cccc(C2=NN(C(=O)CN3CCCCC3)[C@H](c3ccccc3Cl)C2)c1. The number of methoxy groups -OCH3 is 1. The van der Waals surface area contributed by atoms with Crippen molar-refractivity contribution in [3.63, 3.8) is 0 Å². The Morgan fingerprint density at radius 1 is 1.14 bits per heavy atom. The molecule has 1 atom stereocenters. The Labute approximate surface area is 176 Å². The van der Waals surface area contributed by atoms with Gasteiger partial charge in [-0.2, -0.15) is 5.10 Å². The molecule has 6 heteroatoms. The molecule has 1 fully saturated rings. The lowest BCUT2D eigenvalue weighted by molar-refractivity contribution is -0.134. The maximum Gasteiger partial charge on any atom is 0.257 e. The lowest BCUT2D eigenvalue weighted by Crippen LogP contribution is -2.40. The van der Waals surface area contributed by atoms with Gasteiger partial charge in [-0.15, -0.1) is 0 Å². The highest BCUT2D eigenvalue weighted by Gasteiger charge is 2.34. The van der Waals surface area contributed by atoms with Gasteiger partial charge in [-0.3, -0.25) is 9.69 Å². The van der Waals surface area contributed by atoms with E-state index in [2.05, 4.69) is 4.90 Å². The summed E-state index contributed by atoms with van der Waals surface area (Å²) in [6, 6.07) is 15.3. The van der Waals surface area contributed by atoms with Gasteiger partial charge in [-0.25, -0.2) is 5.01 Å². The highest BCUT2D eigenvalue weighted by Crippen LogP contribution is 2.36. The van der Waals surface area contributed by atoms with Crippen LogP contribution in [0.25, 0.3) is 0 Å². The van der Waals surface area contributed by atoms with Gasteiger partial charge in [0.2, 0.25) is 0 Å². The Bertz CT molecular complexity index is 909. The summed E-state index contributed by atoms with van der Waals surface area (Å²) in [5.41, 5.74) is 2.78. The van der Waals surface area contributed by atoms with E-state index in [0.29, 0.717) is 18.0 Å². The van der Waals surface area contributed by atoms with Crippen LogP contribution < -0.4 is 4.74 Å². The third kappa shape index (κ3) is 4.46. The van der Waals surface area contributed by atoms with E-state index in [9.17, 15) is 4.79 Å². The van der Waals surface area contributed by atoms with Crippen molar-refractivity contribution in [3.05, 3.63) is 64.7 Å². The van der Waals surface area contributed by atoms with Crippen LogP contribution in [-0.2, 0) is 4.79 Å². The van der Waals surface area contributed by atoms with Gasteiger partial charge in [-0.05, 0) is 49.7 Å². The number of amides is 1. The summed E-state index contributed by atoms with van der Waals surface area (Å²) in [7, 11) is 1.65. The van der Waals surface area contributed by atoms with Crippen LogP contribution in [0.15, 0.2) is 53.6 Å². The van der Waals surface area contributed by atoms with Crippen molar-refractivity contribution < 1.29 is 9.53 Å². The molecule has 0 bridgehead atoms. The van der Waals surface area contributed by atoms with Crippen molar-refractivity contribution in [1.82, 2.24) is 9.91 Å². The molecule has 0 aliphatic carbocycles. The van der Waals surface area contributed by atoms with Crippen molar-refractivity contribution >= 4 is 23.2 Å². The maximum atomic E-state index is 13.2. The van der Waals surface area contributed by atoms with Gasteiger partial charge in [0.1, 0.15) is 5.75 Å². The first-order valence-corrected chi connectivity index (χ1v) is 10.5. The number of halogens is 1. The lowest BCUT2D eigenvalue weighted by Gasteiger charge is -2.29. The number of hydrazone groups is 1. The van der Waals surface area contributed by atoms with Gasteiger partial charge < -0.3 is 4.74 Å². The number of rotatable bonds is 5. The quantitative estimate of drug-likeness (QED) is 0.727. The Morgan fingerprint density at radius 2 is 1.93 bits per heavy atom. The van der Waals surface area contributed by atoms with Crippen LogP contribution in [-0.4, -0.2) is 48.3 Å². The van der Waals surface area contributed by atoms with Gasteiger partial charge in [0.05, 0.1) is 25.4 Å². The van der Waals surface area contributed by atoms with Crippen LogP contribution in [0.5, 0.6) is 5.75 Å². The second-order valence-electron chi connectivity index (χ2n) is 7.60. The molecule has 2 aromatic rings. The van der Waals surface area contributed by atoms with Gasteiger partial charge in [-0.1, -0.05) is 48.4 Å². The zero-order valence-electron chi connectivity index (χ0n) is 16.7. The Balaban J connectivity index is 1.63. The van der Waals surface area contributed by atoms with Crippen molar-refractivity contribution in [2.24, 2.45) is 5.10 Å². The summed E-state index contributed by atoms with van der Waals surface area (Å²) in [4.78, 5) is 15.4. The van der Waals surface area contributed by atoms with E-state index in [1.807, 2.05) is 48.5 Å². The molecule has 0 saturated carbocycles. The summed E-state index contributed by atoms with van der Waals surface area (Å²) < 4.78 is 5.36. The van der Waals surface area contributed by atoms with E-state index in [4.69, 9.17) is 21.4 Å². The first kappa shape index (κ1) is 19.9. The Kier molecular flexibility index (Phi) is 6.16. The molecule has 0 aromatic heterocycles. The molecule has 2 aliphatic heterocycles. The fourth-order valence-corrected chi connectivity index (χ4v) is 4.35. The van der Waals surface area contributed by atoms with Gasteiger partial charge >= 0.3 is 0 Å². The molecule has 4 rings (SSSR count). The average molecular weight is 412 g/mol. The molecule has 1 amide bonds. The number of nitrogens with zero attached hydrogens (tertiary/aromatic N) is 3. The van der Waals surface area contributed by atoms with Crippen LogP contribution >= 0.6 is 11.6 Å². The summed E-state index contributed by atoms with van der Waals surface area (Å²) >= 11 is 6.49. The smallest absolute Gasteiger partial charge is 0.257 e. The normalized spacial score (nSPS) is 19.9.